The van der Waals surface area contributed by atoms with E-state index in [1.807, 2.05) is 41.5 Å². The molecule has 0 aliphatic carbocycles. The van der Waals surface area contributed by atoms with Gasteiger partial charge < -0.3 is 9.32 Å². The number of hydrogen-bond donors (Lipinski definition) is 0. The molecular formula is C18H16N2O2S. The molecule has 116 valence electrons. The van der Waals surface area contributed by atoms with Gasteiger partial charge in [-0.2, -0.15) is 0 Å². The minimum absolute atomic E-state index is 0.0876. The Morgan fingerprint density at radius 1 is 1.26 bits per heavy atom. The van der Waals surface area contributed by atoms with E-state index in [0.717, 1.165) is 35.8 Å². The Hall–Kier alpha value is -2.40. The summed E-state index contributed by atoms with van der Waals surface area (Å²) in [5.74, 6) is 0.917. The molecule has 2 aromatic heterocycles. The van der Waals surface area contributed by atoms with E-state index in [2.05, 4.69) is 11.1 Å². The molecule has 23 heavy (non-hydrogen) atoms. The number of fused-ring (bicyclic) bond motifs is 1. The van der Waals surface area contributed by atoms with E-state index in [9.17, 15) is 4.79 Å². The number of rotatable bonds is 2. The number of aryl methyl sites for hydroxylation is 2. The van der Waals surface area contributed by atoms with E-state index in [-0.39, 0.29) is 5.91 Å². The van der Waals surface area contributed by atoms with Crippen LogP contribution in [-0.2, 0) is 6.42 Å². The highest BCUT2D eigenvalue weighted by molar-refractivity contribution is 7.09. The van der Waals surface area contributed by atoms with Crippen molar-refractivity contribution in [2.75, 3.05) is 11.4 Å². The molecule has 0 saturated heterocycles. The van der Waals surface area contributed by atoms with Crippen LogP contribution in [-0.4, -0.2) is 17.4 Å². The van der Waals surface area contributed by atoms with Gasteiger partial charge in [0.1, 0.15) is 5.69 Å². The summed E-state index contributed by atoms with van der Waals surface area (Å²) < 4.78 is 5.77. The van der Waals surface area contributed by atoms with Crippen molar-refractivity contribution >= 4 is 22.9 Å². The largest absolute Gasteiger partial charge is 0.449 e. The zero-order valence-electron chi connectivity index (χ0n) is 12.8. The van der Waals surface area contributed by atoms with Crippen molar-refractivity contribution < 1.29 is 9.21 Å². The van der Waals surface area contributed by atoms with Gasteiger partial charge in [0.05, 0.1) is 5.01 Å². The molecule has 4 nitrogen and oxygen atoms in total. The molecule has 1 aromatic carbocycles. The quantitative estimate of drug-likeness (QED) is 0.706. The fourth-order valence-corrected chi connectivity index (χ4v) is 3.55. The molecule has 1 amide bonds. The number of anilines is 1. The molecular weight excluding hydrogens is 308 g/mol. The number of nitrogens with zero attached hydrogens (tertiary/aromatic N) is 2. The molecule has 3 aromatic rings. The Morgan fingerprint density at radius 2 is 2.13 bits per heavy atom. The zero-order chi connectivity index (χ0) is 15.8. The highest BCUT2D eigenvalue weighted by Crippen LogP contribution is 2.30. The van der Waals surface area contributed by atoms with Crippen molar-refractivity contribution in [2.24, 2.45) is 0 Å². The van der Waals surface area contributed by atoms with Gasteiger partial charge in [-0.1, -0.05) is 18.2 Å². The summed E-state index contributed by atoms with van der Waals surface area (Å²) in [6.07, 6.45) is 1.99. The number of carbonyl (C=O) groups excluding carboxylic acids is 1. The van der Waals surface area contributed by atoms with E-state index in [0.29, 0.717) is 11.5 Å². The highest BCUT2D eigenvalue weighted by atomic mass is 32.1. The Bertz CT molecular complexity index is 865. The van der Waals surface area contributed by atoms with Gasteiger partial charge in [-0.3, -0.25) is 4.79 Å². The van der Waals surface area contributed by atoms with Crippen LogP contribution < -0.4 is 4.90 Å². The number of thiazole rings is 1. The van der Waals surface area contributed by atoms with Crippen LogP contribution >= 0.6 is 11.3 Å². The topological polar surface area (TPSA) is 46.3 Å². The lowest BCUT2D eigenvalue weighted by atomic mass is 10.0. The third-order valence-corrected chi connectivity index (χ3v) is 4.82. The molecule has 0 spiro atoms. The van der Waals surface area contributed by atoms with Crippen LogP contribution in [0.5, 0.6) is 0 Å². The molecule has 4 rings (SSSR count). The molecule has 5 heteroatoms. The van der Waals surface area contributed by atoms with Gasteiger partial charge in [-0.05, 0) is 43.5 Å². The minimum Gasteiger partial charge on any atom is -0.449 e. The van der Waals surface area contributed by atoms with Crippen LogP contribution in [0.4, 0.5) is 5.69 Å². The van der Waals surface area contributed by atoms with E-state index in [4.69, 9.17) is 4.42 Å². The predicted molar refractivity (Wildman–Crippen MR) is 91.0 cm³/mol. The third kappa shape index (κ3) is 2.57. The van der Waals surface area contributed by atoms with Gasteiger partial charge >= 0.3 is 0 Å². The average molecular weight is 324 g/mol. The first kappa shape index (κ1) is 14.2. The van der Waals surface area contributed by atoms with Gasteiger partial charge in [0.2, 0.25) is 0 Å². The SMILES string of the molecule is Cc1nc(-c2ccc(C(=O)N3CCCc4ccccc43)o2)cs1. The maximum atomic E-state index is 12.8. The first-order chi connectivity index (χ1) is 11.2. The summed E-state index contributed by atoms with van der Waals surface area (Å²) in [5.41, 5.74) is 2.99. The van der Waals surface area contributed by atoms with Crippen molar-refractivity contribution in [3.8, 4) is 11.5 Å². The maximum Gasteiger partial charge on any atom is 0.293 e. The number of hydrogen-bond acceptors (Lipinski definition) is 4. The predicted octanol–water partition coefficient (Wildman–Crippen LogP) is 4.30. The molecule has 0 atom stereocenters. The molecule has 3 heterocycles. The average Bonchev–Trinajstić information content (AvgIpc) is 3.22. The second-order valence-corrected chi connectivity index (χ2v) is 6.67. The van der Waals surface area contributed by atoms with Crippen molar-refractivity contribution in [1.29, 1.82) is 0 Å². The first-order valence-electron chi connectivity index (χ1n) is 7.64. The molecule has 1 aliphatic rings. The summed E-state index contributed by atoms with van der Waals surface area (Å²) in [6, 6.07) is 11.6. The van der Waals surface area contributed by atoms with Crippen LogP contribution in [0.1, 0.15) is 27.5 Å². The lowest BCUT2D eigenvalue weighted by Gasteiger charge is -2.28. The monoisotopic (exact) mass is 324 g/mol. The van der Waals surface area contributed by atoms with E-state index in [1.54, 1.807) is 17.4 Å². The second kappa shape index (κ2) is 5.66. The molecule has 1 aliphatic heterocycles. The third-order valence-electron chi connectivity index (χ3n) is 4.04. The molecule has 0 bridgehead atoms. The van der Waals surface area contributed by atoms with Crippen LogP contribution in [0.3, 0.4) is 0 Å². The Kier molecular flexibility index (Phi) is 3.50. The highest BCUT2D eigenvalue weighted by Gasteiger charge is 2.25. The lowest BCUT2D eigenvalue weighted by Crippen LogP contribution is -2.35. The fraction of sp³-hybridized carbons (Fsp3) is 0.222. The summed E-state index contributed by atoms with van der Waals surface area (Å²) in [5, 5.41) is 2.92. The fourth-order valence-electron chi connectivity index (χ4n) is 2.94. The molecule has 0 N–H and O–H groups in total. The van der Waals surface area contributed by atoms with Crippen LogP contribution in [0.15, 0.2) is 46.2 Å². The summed E-state index contributed by atoms with van der Waals surface area (Å²) in [4.78, 5) is 19.0. The van der Waals surface area contributed by atoms with Gasteiger partial charge in [0, 0.05) is 17.6 Å². The van der Waals surface area contributed by atoms with Crippen molar-refractivity contribution in [3.05, 3.63) is 58.1 Å². The summed E-state index contributed by atoms with van der Waals surface area (Å²) in [7, 11) is 0. The normalized spacial score (nSPS) is 13.9. The van der Waals surface area contributed by atoms with Crippen LogP contribution in [0.2, 0.25) is 0 Å². The lowest BCUT2D eigenvalue weighted by molar-refractivity contribution is 0.0959. The number of aromatic nitrogens is 1. The van der Waals surface area contributed by atoms with Gasteiger partial charge in [-0.15, -0.1) is 11.3 Å². The second-order valence-electron chi connectivity index (χ2n) is 5.60. The van der Waals surface area contributed by atoms with E-state index >= 15 is 0 Å². The van der Waals surface area contributed by atoms with Crippen molar-refractivity contribution in [3.63, 3.8) is 0 Å². The molecule has 0 saturated carbocycles. The standard InChI is InChI=1S/C18H16N2O2S/c1-12-19-14(11-23-12)16-8-9-17(22-16)18(21)20-10-4-6-13-5-2-3-7-15(13)20/h2-3,5,7-9,11H,4,6,10H2,1H3. The summed E-state index contributed by atoms with van der Waals surface area (Å²) in [6.45, 7) is 2.68. The number of para-hydroxylation sites is 1. The zero-order valence-corrected chi connectivity index (χ0v) is 13.6. The number of furan rings is 1. The maximum absolute atomic E-state index is 12.8. The van der Waals surface area contributed by atoms with Crippen LogP contribution in [0.25, 0.3) is 11.5 Å². The van der Waals surface area contributed by atoms with Gasteiger partial charge in [0.15, 0.2) is 11.5 Å². The molecule has 0 radical (unpaired) electrons. The smallest absolute Gasteiger partial charge is 0.293 e. The Morgan fingerprint density at radius 3 is 2.96 bits per heavy atom. The molecule has 0 unspecified atom stereocenters. The van der Waals surface area contributed by atoms with Gasteiger partial charge in [-0.25, -0.2) is 4.98 Å². The Balaban J connectivity index is 1.65. The van der Waals surface area contributed by atoms with Gasteiger partial charge in [0.25, 0.3) is 5.91 Å². The molecule has 0 fully saturated rings. The number of benzene rings is 1. The van der Waals surface area contributed by atoms with Crippen LogP contribution in [0, 0.1) is 6.92 Å². The Labute approximate surface area is 138 Å². The van der Waals surface area contributed by atoms with E-state index in [1.165, 1.54) is 5.56 Å². The summed E-state index contributed by atoms with van der Waals surface area (Å²) >= 11 is 1.57. The first-order valence-corrected chi connectivity index (χ1v) is 8.52. The number of amides is 1. The number of carbonyl (C=O) groups is 1. The van der Waals surface area contributed by atoms with Crippen molar-refractivity contribution in [2.45, 2.75) is 19.8 Å². The van der Waals surface area contributed by atoms with Crippen molar-refractivity contribution in [1.82, 2.24) is 4.98 Å². The minimum atomic E-state index is -0.0876. The van der Waals surface area contributed by atoms with E-state index < -0.39 is 0 Å².